The Bertz CT molecular complexity index is 1540. The molecule has 2 bridgehead atoms. The fourth-order valence-electron chi connectivity index (χ4n) is 6.93. The van der Waals surface area contributed by atoms with E-state index in [4.69, 9.17) is 16.3 Å². The highest BCUT2D eigenvalue weighted by Gasteiger charge is 2.45. The Labute approximate surface area is 241 Å². The van der Waals surface area contributed by atoms with Gasteiger partial charge in [0.15, 0.2) is 9.84 Å². The first-order chi connectivity index (χ1) is 19.1. The number of rotatable bonds is 0. The lowest BCUT2D eigenvalue weighted by Gasteiger charge is -2.44. The van der Waals surface area contributed by atoms with Crippen molar-refractivity contribution in [1.82, 2.24) is 4.72 Å². The van der Waals surface area contributed by atoms with Gasteiger partial charge in [-0.2, -0.15) is 0 Å². The van der Waals surface area contributed by atoms with Gasteiger partial charge in [-0.1, -0.05) is 24.1 Å². The average Bonchev–Trinajstić information content (AvgIpc) is 3.02. The highest BCUT2D eigenvalue weighted by Crippen LogP contribution is 2.46. The molecular weight excluding hydrogens is 572 g/mol. The summed E-state index contributed by atoms with van der Waals surface area (Å²) in [6.07, 6.45) is 5.48. The van der Waals surface area contributed by atoms with Gasteiger partial charge in [-0.3, -0.25) is 4.79 Å². The molecule has 1 saturated carbocycles. The second-order valence-electron chi connectivity index (χ2n) is 11.8. The van der Waals surface area contributed by atoms with Crippen LogP contribution in [0, 0.1) is 5.92 Å². The molecule has 1 fully saturated rings. The van der Waals surface area contributed by atoms with Crippen LogP contribution in [0.5, 0.6) is 5.75 Å². The zero-order valence-corrected chi connectivity index (χ0v) is 24.8. The van der Waals surface area contributed by atoms with Crippen molar-refractivity contribution in [1.29, 1.82) is 0 Å². The topological polar surface area (TPSA) is 110 Å². The van der Waals surface area contributed by atoms with E-state index in [1.807, 2.05) is 12.1 Å². The van der Waals surface area contributed by atoms with Crippen LogP contribution in [0.15, 0.2) is 36.4 Å². The molecular formula is C29H35ClN2O6S2. The van der Waals surface area contributed by atoms with E-state index in [1.54, 1.807) is 18.2 Å². The number of amides is 1. The van der Waals surface area contributed by atoms with E-state index in [0.717, 1.165) is 25.7 Å². The van der Waals surface area contributed by atoms with Crippen LogP contribution < -0.4 is 14.4 Å². The van der Waals surface area contributed by atoms with Crippen molar-refractivity contribution in [3.05, 3.63) is 58.1 Å². The highest BCUT2D eigenvalue weighted by molar-refractivity contribution is 7.92. The number of nitrogens with zero attached hydrogens (tertiary/aromatic N) is 1. The van der Waals surface area contributed by atoms with Gasteiger partial charge < -0.3 is 9.64 Å². The first kappa shape index (κ1) is 27.8. The van der Waals surface area contributed by atoms with Crippen LogP contribution in [0.2, 0.25) is 5.02 Å². The number of aryl methyl sites for hydroxylation is 1. The molecule has 2 aliphatic carbocycles. The maximum Gasteiger partial charge on any atom is 0.264 e. The fourth-order valence-corrected chi connectivity index (χ4v) is 10.4. The van der Waals surface area contributed by atoms with E-state index >= 15 is 0 Å². The third-order valence-corrected chi connectivity index (χ3v) is 13.1. The van der Waals surface area contributed by atoms with E-state index in [2.05, 4.69) is 15.7 Å². The Kier molecular flexibility index (Phi) is 7.32. The molecule has 2 heterocycles. The summed E-state index contributed by atoms with van der Waals surface area (Å²) in [6.45, 7) is 1.56. The number of anilines is 1. The minimum Gasteiger partial charge on any atom is -0.490 e. The van der Waals surface area contributed by atoms with Crippen LogP contribution in [0.4, 0.5) is 5.69 Å². The number of benzene rings is 2. The molecule has 11 heteroatoms. The summed E-state index contributed by atoms with van der Waals surface area (Å²) in [6, 6.07) is 11.0. The van der Waals surface area contributed by atoms with E-state index in [1.165, 1.54) is 11.1 Å². The molecule has 4 aliphatic rings. The molecule has 1 N–H and O–H groups in total. The van der Waals surface area contributed by atoms with Gasteiger partial charge in [-0.15, -0.1) is 0 Å². The molecule has 1 amide bonds. The lowest BCUT2D eigenvalue weighted by molar-refractivity contribution is 0.0981. The summed E-state index contributed by atoms with van der Waals surface area (Å²) in [5.74, 6) is -0.251. The van der Waals surface area contributed by atoms with Crippen molar-refractivity contribution < 1.29 is 26.4 Å². The predicted octanol–water partition coefficient (Wildman–Crippen LogP) is 4.25. The van der Waals surface area contributed by atoms with Gasteiger partial charge >= 0.3 is 0 Å². The van der Waals surface area contributed by atoms with E-state index in [-0.39, 0.29) is 28.4 Å². The molecule has 2 aliphatic heterocycles. The van der Waals surface area contributed by atoms with Crippen LogP contribution in [0.1, 0.15) is 66.4 Å². The number of ether oxygens (including phenoxy) is 1. The smallest absolute Gasteiger partial charge is 0.264 e. The van der Waals surface area contributed by atoms with E-state index < -0.39 is 31.0 Å². The van der Waals surface area contributed by atoms with Crippen LogP contribution >= 0.6 is 11.6 Å². The molecule has 8 nitrogen and oxygen atoms in total. The molecule has 3 atom stereocenters. The number of sulfonamides is 1. The third-order valence-electron chi connectivity index (χ3n) is 9.15. The Morgan fingerprint density at radius 3 is 2.60 bits per heavy atom. The molecule has 216 valence electrons. The number of hydrogen-bond donors (Lipinski definition) is 1. The van der Waals surface area contributed by atoms with Gasteiger partial charge in [0, 0.05) is 29.1 Å². The summed E-state index contributed by atoms with van der Waals surface area (Å²) >= 11 is 6.35. The Morgan fingerprint density at radius 2 is 1.80 bits per heavy atom. The van der Waals surface area contributed by atoms with E-state index in [9.17, 15) is 21.6 Å². The predicted molar refractivity (Wildman–Crippen MR) is 156 cm³/mol. The Hall–Kier alpha value is -2.30. The second kappa shape index (κ2) is 10.5. The zero-order chi connectivity index (χ0) is 28.1. The molecule has 2 aromatic rings. The normalized spacial score (nSPS) is 29.6. The monoisotopic (exact) mass is 606 g/mol. The minimum atomic E-state index is -3.85. The van der Waals surface area contributed by atoms with Crippen LogP contribution in [-0.4, -0.2) is 59.2 Å². The van der Waals surface area contributed by atoms with Gasteiger partial charge in [0.2, 0.25) is 10.0 Å². The molecule has 6 rings (SSSR count). The van der Waals surface area contributed by atoms with Gasteiger partial charge in [0.1, 0.15) is 5.75 Å². The van der Waals surface area contributed by atoms with Crippen molar-refractivity contribution in [3.63, 3.8) is 0 Å². The molecule has 0 radical (unpaired) electrons. The van der Waals surface area contributed by atoms with Crippen LogP contribution in [0.3, 0.4) is 0 Å². The highest BCUT2D eigenvalue weighted by atomic mass is 35.5. The average molecular weight is 607 g/mol. The lowest BCUT2D eigenvalue weighted by atomic mass is 9.70. The largest absolute Gasteiger partial charge is 0.490 e. The van der Waals surface area contributed by atoms with Crippen molar-refractivity contribution in [3.8, 4) is 5.75 Å². The second-order valence-corrected chi connectivity index (χ2v) is 16.5. The van der Waals surface area contributed by atoms with Crippen molar-refractivity contribution in [2.45, 2.75) is 62.0 Å². The molecule has 1 spiro atoms. The van der Waals surface area contributed by atoms with Crippen LogP contribution in [-0.2, 0) is 31.7 Å². The quantitative estimate of drug-likeness (QED) is 0.477. The maximum atomic E-state index is 13.3. The maximum absolute atomic E-state index is 13.3. The molecule has 2 aromatic carbocycles. The molecule has 0 saturated heterocycles. The summed E-state index contributed by atoms with van der Waals surface area (Å²) in [5.41, 5.74) is 3.00. The Morgan fingerprint density at radius 1 is 0.975 bits per heavy atom. The standard InChI is InChI=1S/C29H35ClN2O6S2/c30-23-8-9-24-20(15-23)5-4-12-29(24)18-32-17-22-7-11-27(22)39(34,35)13-2-1-3-14-40(36,37)31-28(33)21-6-10-26(38-19-29)25(32)16-21/h6,8-10,15-16,22,27H,1-5,7,11-14,17-19H2,(H,31,33)/t22-,27-,29+/m1/s1. The van der Waals surface area contributed by atoms with Gasteiger partial charge in [0.05, 0.1) is 29.0 Å². The van der Waals surface area contributed by atoms with E-state index in [0.29, 0.717) is 61.8 Å². The number of halogens is 1. The number of hydrogen-bond acceptors (Lipinski definition) is 7. The number of fused-ring (bicyclic) bond motifs is 4. The number of carbonyl (C=O) groups excluding carboxylic acids is 1. The molecule has 40 heavy (non-hydrogen) atoms. The van der Waals surface area contributed by atoms with Gasteiger partial charge in [-0.25, -0.2) is 21.6 Å². The Balaban J connectivity index is 1.43. The first-order valence-electron chi connectivity index (χ1n) is 14.1. The SMILES string of the molecule is O=C1NS(=O)(=O)CCCCCS(=O)(=O)[C@@H]2CC[C@@H]2CN2C[C@@]3(CCCc4cc(Cl)ccc43)COc3ccc1cc32. The van der Waals surface area contributed by atoms with Crippen LogP contribution in [0.25, 0.3) is 0 Å². The van der Waals surface area contributed by atoms with Crippen molar-refractivity contribution in [2.75, 3.05) is 36.1 Å². The fraction of sp³-hybridized carbons (Fsp3) is 0.552. The van der Waals surface area contributed by atoms with Crippen molar-refractivity contribution in [2.24, 2.45) is 5.92 Å². The first-order valence-corrected chi connectivity index (χ1v) is 17.9. The number of sulfone groups is 1. The summed E-state index contributed by atoms with van der Waals surface area (Å²) in [7, 11) is -7.16. The lowest BCUT2D eigenvalue weighted by Crippen LogP contribution is -2.51. The number of carbonyl (C=O) groups is 1. The zero-order valence-electron chi connectivity index (χ0n) is 22.4. The molecule has 0 aromatic heterocycles. The molecule has 0 unspecified atom stereocenters. The minimum absolute atomic E-state index is 0.0213. The third kappa shape index (κ3) is 5.34. The van der Waals surface area contributed by atoms with Crippen molar-refractivity contribution >= 4 is 43.1 Å². The number of nitrogens with one attached hydrogen (secondary N) is 1. The summed E-state index contributed by atoms with van der Waals surface area (Å²) < 4.78 is 60.5. The summed E-state index contributed by atoms with van der Waals surface area (Å²) in [4.78, 5) is 15.2. The van der Waals surface area contributed by atoms with Gasteiger partial charge in [0.25, 0.3) is 5.91 Å². The van der Waals surface area contributed by atoms with Gasteiger partial charge in [-0.05, 0) is 92.3 Å². The summed E-state index contributed by atoms with van der Waals surface area (Å²) in [5, 5.41) is 0.295.